The summed E-state index contributed by atoms with van der Waals surface area (Å²) in [5, 5.41) is 3.51. The Morgan fingerprint density at radius 1 is 1.31 bits per heavy atom. The van der Waals surface area contributed by atoms with Gasteiger partial charge in [-0.25, -0.2) is 0 Å². The molecule has 0 radical (unpaired) electrons. The van der Waals surface area contributed by atoms with Gasteiger partial charge < -0.3 is 5.32 Å². The molecule has 0 aromatic carbocycles. The van der Waals surface area contributed by atoms with E-state index in [-0.39, 0.29) is 0 Å². The van der Waals surface area contributed by atoms with Gasteiger partial charge in [-0.1, -0.05) is 19.8 Å². The third-order valence-corrected chi connectivity index (χ3v) is 4.12. The van der Waals surface area contributed by atoms with Crippen molar-refractivity contribution < 1.29 is 0 Å². The van der Waals surface area contributed by atoms with Gasteiger partial charge in [0.15, 0.2) is 0 Å². The van der Waals surface area contributed by atoms with E-state index in [1.807, 2.05) is 12.4 Å². The minimum absolute atomic E-state index is 0.484. The molecule has 2 rings (SSSR count). The molecule has 1 aliphatic rings. The molecule has 88 valence electrons. The fourth-order valence-electron chi connectivity index (χ4n) is 2.98. The van der Waals surface area contributed by atoms with Crippen LogP contribution in [-0.2, 0) is 6.42 Å². The number of nitrogens with zero attached hydrogens (tertiary/aromatic N) is 1. The number of hydrogen-bond donors (Lipinski definition) is 1. The molecule has 0 amide bonds. The first-order valence-electron chi connectivity index (χ1n) is 6.31. The third-order valence-electron chi connectivity index (χ3n) is 4.12. The second-order valence-corrected chi connectivity index (χ2v) is 5.26. The van der Waals surface area contributed by atoms with Crippen molar-refractivity contribution >= 4 is 0 Å². The minimum Gasteiger partial charge on any atom is -0.316 e. The van der Waals surface area contributed by atoms with Crippen molar-refractivity contribution in [1.29, 1.82) is 0 Å². The SMILES string of the molecule is CNC(Cc1ccncc1)C1(C)CCCC1. The minimum atomic E-state index is 0.484. The summed E-state index contributed by atoms with van der Waals surface area (Å²) in [6, 6.07) is 4.85. The summed E-state index contributed by atoms with van der Waals surface area (Å²) in [6.07, 6.45) is 10.4. The maximum absolute atomic E-state index is 4.07. The molecule has 1 aromatic heterocycles. The van der Waals surface area contributed by atoms with Crippen molar-refractivity contribution in [3.05, 3.63) is 30.1 Å². The van der Waals surface area contributed by atoms with Gasteiger partial charge in [-0.05, 0) is 49.4 Å². The number of likely N-dealkylation sites (N-methyl/N-ethyl adjacent to an activating group) is 1. The Morgan fingerprint density at radius 3 is 2.50 bits per heavy atom. The van der Waals surface area contributed by atoms with Gasteiger partial charge in [0.2, 0.25) is 0 Å². The van der Waals surface area contributed by atoms with Gasteiger partial charge in [-0.3, -0.25) is 4.98 Å². The quantitative estimate of drug-likeness (QED) is 0.840. The molecule has 1 aromatic rings. The van der Waals surface area contributed by atoms with Gasteiger partial charge in [-0.15, -0.1) is 0 Å². The zero-order chi connectivity index (χ0) is 11.4. The molecular weight excluding hydrogens is 196 g/mol. The predicted molar refractivity (Wildman–Crippen MR) is 67.4 cm³/mol. The lowest BCUT2D eigenvalue weighted by Gasteiger charge is -2.34. The van der Waals surface area contributed by atoms with Crippen LogP contribution in [0.25, 0.3) is 0 Å². The van der Waals surface area contributed by atoms with Crippen molar-refractivity contribution in [3.8, 4) is 0 Å². The van der Waals surface area contributed by atoms with Crippen LogP contribution in [0.3, 0.4) is 0 Å². The average Bonchev–Trinajstić information content (AvgIpc) is 2.75. The molecule has 2 nitrogen and oxygen atoms in total. The molecule has 1 atom stereocenters. The fraction of sp³-hybridized carbons (Fsp3) is 0.643. The zero-order valence-corrected chi connectivity index (χ0v) is 10.4. The zero-order valence-electron chi connectivity index (χ0n) is 10.4. The van der Waals surface area contributed by atoms with E-state index in [1.54, 1.807) is 0 Å². The van der Waals surface area contributed by atoms with E-state index in [0.29, 0.717) is 11.5 Å². The largest absolute Gasteiger partial charge is 0.316 e. The second kappa shape index (κ2) is 4.96. The van der Waals surface area contributed by atoms with E-state index in [9.17, 15) is 0 Å². The van der Waals surface area contributed by atoms with E-state index in [1.165, 1.54) is 31.2 Å². The predicted octanol–water partition coefficient (Wildman–Crippen LogP) is 2.79. The monoisotopic (exact) mass is 218 g/mol. The van der Waals surface area contributed by atoms with Crippen LogP contribution in [0.5, 0.6) is 0 Å². The van der Waals surface area contributed by atoms with Crippen LogP contribution >= 0.6 is 0 Å². The lowest BCUT2D eigenvalue weighted by atomic mass is 9.78. The van der Waals surface area contributed by atoms with Gasteiger partial charge in [-0.2, -0.15) is 0 Å². The number of aromatic nitrogens is 1. The number of rotatable bonds is 4. The summed E-state index contributed by atoms with van der Waals surface area (Å²) in [5.74, 6) is 0. The Balaban J connectivity index is 2.06. The summed E-state index contributed by atoms with van der Waals surface area (Å²) in [5.41, 5.74) is 1.88. The molecule has 1 aliphatic carbocycles. The molecule has 0 bridgehead atoms. The van der Waals surface area contributed by atoms with E-state index in [4.69, 9.17) is 0 Å². The molecule has 1 saturated carbocycles. The summed E-state index contributed by atoms with van der Waals surface area (Å²) in [6.45, 7) is 2.43. The molecule has 0 aliphatic heterocycles. The molecule has 1 fully saturated rings. The molecule has 1 unspecified atom stereocenters. The maximum atomic E-state index is 4.07. The summed E-state index contributed by atoms with van der Waals surface area (Å²) in [4.78, 5) is 4.07. The number of hydrogen-bond acceptors (Lipinski definition) is 2. The standard InChI is InChI=1S/C14H22N2/c1-14(7-3-4-8-14)13(15-2)11-12-5-9-16-10-6-12/h5-6,9-10,13,15H,3-4,7-8,11H2,1-2H3. The Morgan fingerprint density at radius 2 is 1.94 bits per heavy atom. The Kier molecular flexibility index (Phi) is 3.59. The van der Waals surface area contributed by atoms with Crippen LogP contribution in [0.1, 0.15) is 38.2 Å². The smallest absolute Gasteiger partial charge is 0.0270 e. The maximum Gasteiger partial charge on any atom is 0.0270 e. The van der Waals surface area contributed by atoms with Crippen LogP contribution in [0.2, 0.25) is 0 Å². The normalized spacial score (nSPS) is 20.9. The van der Waals surface area contributed by atoms with Gasteiger partial charge in [0, 0.05) is 18.4 Å². The highest BCUT2D eigenvalue weighted by Gasteiger charge is 2.35. The van der Waals surface area contributed by atoms with Crippen LogP contribution in [-0.4, -0.2) is 18.1 Å². The Labute approximate surface area is 98.5 Å². The molecule has 0 saturated heterocycles. The number of nitrogens with one attached hydrogen (secondary N) is 1. The van der Waals surface area contributed by atoms with E-state index in [0.717, 1.165) is 6.42 Å². The van der Waals surface area contributed by atoms with E-state index in [2.05, 4.69) is 36.4 Å². The molecule has 0 spiro atoms. The van der Waals surface area contributed by atoms with Crippen molar-refractivity contribution in [2.75, 3.05) is 7.05 Å². The molecular formula is C14H22N2. The third kappa shape index (κ3) is 2.43. The van der Waals surface area contributed by atoms with Gasteiger partial charge in [0.05, 0.1) is 0 Å². The first-order valence-corrected chi connectivity index (χ1v) is 6.31. The van der Waals surface area contributed by atoms with Crippen LogP contribution < -0.4 is 5.32 Å². The highest BCUT2D eigenvalue weighted by molar-refractivity contribution is 5.13. The topological polar surface area (TPSA) is 24.9 Å². The van der Waals surface area contributed by atoms with Gasteiger partial charge >= 0.3 is 0 Å². The fourth-order valence-corrected chi connectivity index (χ4v) is 2.98. The summed E-state index contributed by atoms with van der Waals surface area (Å²) < 4.78 is 0. The molecule has 16 heavy (non-hydrogen) atoms. The van der Waals surface area contributed by atoms with E-state index < -0.39 is 0 Å². The highest BCUT2D eigenvalue weighted by atomic mass is 14.9. The van der Waals surface area contributed by atoms with Crippen LogP contribution in [0, 0.1) is 5.41 Å². The second-order valence-electron chi connectivity index (χ2n) is 5.26. The Hall–Kier alpha value is -0.890. The molecule has 1 heterocycles. The number of pyridine rings is 1. The van der Waals surface area contributed by atoms with Crippen molar-refractivity contribution in [1.82, 2.24) is 10.3 Å². The highest BCUT2D eigenvalue weighted by Crippen LogP contribution is 2.41. The lowest BCUT2D eigenvalue weighted by Crippen LogP contribution is -2.41. The lowest BCUT2D eigenvalue weighted by molar-refractivity contribution is 0.229. The van der Waals surface area contributed by atoms with Gasteiger partial charge in [0.1, 0.15) is 0 Å². The molecule has 2 heteroatoms. The first-order chi connectivity index (χ1) is 7.74. The first kappa shape index (κ1) is 11.6. The summed E-state index contributed by atoms with van der Waals surface area (Å²) >= 11 is 0. The summed E-state index contributed by atoms with van der Waals surface area (Å²) in [7, 11) is 2.09. The molecule has 1 N–H and O–H groups in total. The van der Waals surface area contributed by atoms with Crippen molar-refractivity contribution in [3.63, 3.8) is 0 Å². The van der Waals surface area contributed by atoms with Gasteiger partial charge in [0.25, 0.3) is 0 Å². The average molecular weight is 218 g/mol. The van der Waals surface area contributed by atoms with E-state index >= 15 is 0 Å². The van der Waals surface area contributed by atoms with Crippen molar-refractivity contribution in [2.24, 2.45) is 5.41 Å². The Bertz CT molecular complexity index is 315. The van der Waals surface area contributed by atoms with Crippen molar-refractivity contribution in [2.45, 2.75) is 45.1 Å². The van der Waals surface area contributed by atoms with Crippen LogP contribution in [0.4, 0.5) is 0 Å². The van der Waals surface area contributed by atoms with Crippen LogP contribution in [0.15, 0.2) is 24.5 Å².